The van der Waals surface area contributed by atoms with Crippen molar-refractivity contribution in [3.63, 3.8) is 0 Å². The highest BCUT2D eigenvalue weighted by molar-refractivity contribution is 5.74. The monoisotopic (exact) mass is 1100 g/mol. The van der Waals surface area contributed by atoms with Crippen LogP contribution < -0.4 is 0 Å². The van der Waals surface area contributed by atoms with Crippen molar-refractivity contribution in [3.8, 4) is 11.5 Å². The topological polar surface area (TPSA) is 210 Å². The highest BCUT2D eigenvalue weighted by atomic mass is 16.5. The van der Waals surface area contributed by atoms with Gasteiger partial charge < -0.3 is 60.2 Å². The van der Waals surface area contributed by atoms with Crippen LogP contribution in [-0.4, -0.2) is 108 Å². The number of phenols is 2. The van der Waals surface area contributed by atoms with Crippen LogP contribution in [0.4, 0.5) is 0 Å². The molecule has 9 N–H and O–H groups in total. The number of hydrogen-bond acceptors (Lipinski definition) is 12. The van der Waals surface area contributed by atoms with E-state index >= 15 is 0 Å². The number of ether oxygens (including phenoxy) is 3. The molecule has 2 aliphatic rings. The molecular formula is C66H114O12. The normalized spacial score (nSPS) is 24.5. The summed E-state index contributed by atoms with van der Waals surface area (Å²) < 4.78 is 19.0. The predicted molar refractivity (Wildman–Crippen MR) is 323 cm³/mol. The third kappa shape index (κ3) is 24.5. The molecule has 0 spiro atoms. The number of phenolic OH excluding ortho intramolecular Hbond substituents is 2. The fourth-order valence-corrected chi connectivity index (χ4v) is 10.2. The third-order valence-electron chi connectivity index (χ3n) is 15.1. The van der Waals surface area contributed by atoms with Crippen molar-refractivity contribution >= 4 is 5.76 Å². The van der Waals surface area contributed by atoms with Gasteiger partial charge in [0, 0.05) is 12.0 Å². The molecule has 0 aromatic heterocycles. The number of rotatable bonds is 20. The number of benzene rings is 1. The molecule has 12 atom stereocenters. The minimum Gasteiger partial charge on any atom is -0.516 e. The van der Waals surface area contributed by atoms with E-state index in [1.165, 1.54) is 19.3 Å². The molecule has 12 heteroatoms. The Morgan fingerprint density at radius 3 is 1.88 bits per heavy atom. The lowest BCUT2D eigenvalue weighted by Gasteiger charge is -2.36. The van der Waals surface area contributed by atoms with E-state index in [0.29, 0.717) is 73.0 Å². The lowest BCUT2D eigenvalue weighted by atomic mass is 9.71. The van der Waals surface area contributed by atoms with E-state index in [2.05, 4.69) is 55.0 Å². The van der Waals surface area contributed by atoms with Gasteiger partial charge in [-0.05, 0) is 163 Å². The Bertz CT molecular complexity index is 2030. The maximum atomic E-state index is 11.8. The highest BCUT2D eigenvalue weighted by Gasteiger charge is 2.42. The van der Waals surface area contributed by atoms with Crippen LogP contribution in [0.3, 0.4) is 0 Å². The van der Waals surface area contributed by atoms with Crippen LogP contribution >= 0.6 is 0 Å². The van der Waals surface area contributed by atoms with Crippen molar-refractivity contribution in [2.45, 2.75) is 251 Å². The van der Waals surface area contributed by atoms with Gasteiger partial charge in [0.15, 0.2) is 11.5 Å². The average Bonchev–Trinajstić information content (AvgIpc) is 4.23. The summed E-state index contributed by atoms with van der Waals surface area (Å²) in [6.07, 6.45) is 13.6. The number of aromatic hydroxyl groups is 2. The SMILES string of the molecule is C=C1OC(C(C)O)C/C=C(C)/C=C(\C)C(O)CC(C)C(O)C/C=C/C=C/1COC(CCC)C(O)C(O)C(OC(=CC)c1c(O)c(O)c(C)c(C)c1CC)C(C)C.CC=CO.CCC.CCC(O)C(C(C)C)C(C(C)C)C1CC1. The summed E-state index contributed by atoms with van der Waals surface area (Å²) in [6, 6.07) is 0. The van der Waals surface area contributed by atoms with E-state index < -0.39 is 48.8 Å². The summed E-state index contributed by atoms with van der Waals surface area (Å²) in [4.78, 5) is 0. The molecule has 78 heavy (non-hydrogen) atoms. The van der Waals surface area contributed by atoms with Crippen molar-refractivity contribution in [1.29, 1.82) is 0 Å². The molecule has 0 amide bonds. The Labute approximate surface area is 474 Å². The van der Waals surface area contributed by atoms with Crippen LogP contribution in [-0.2, 0) is 20.6 Å². The van der Waals surface area contributed by atoms with E-state index in [0.717, 1.165) is 46.8 Å². The molecule has 0 bridgehead atoms. The summed E-state index contributed by atoms with van der Waals surface area (Å²) in [5, 5.41) is 95.5. The van der Waals surface area contributed by atoms with Gasteiger partial charge in [-0.15, -0.1) is 0 Å². The van der Waals surface area contributed by atoms with Crippen LogP contribution in [0, 0.1) is 55.3 Å². The van der Waals surface area contributed by atoms with Crippen LogP contribution in [0.1, 0.15) is 198 Å². The summed E-state index contributed by atoms with van der Waals surface area (Å²) in [5.74, 6) is 3.03. The first-order chi connectivity index (χ1) is 36.6. The maximum Gasteiger partial charge on any atom is 0.169 e. The summed E-state index contributed by atoms with van der Waals surface area (Å²) in [5.41, 5.74) is 4.79. The lowest BCUT2D eigenvalue weighted by Crippen LogP contribution is -2.48. The number of allylic oxidation sites excluding steroid dienone is 6. The summed E-state index contributed by atoms with van der Waals surface area (Å²) in [7, 11) is 0. The van der Waals surface area contributed by atoms with Crippen molar-refractivity contribution < 1.29 is 60.2 Å². The Morgan fingerprint density at radius 2 is 1.42 bits per heavy atom. The molecular weight excluding hydrogens is 985 g/mol. The second kappa shape index (κ2) is 38.7. The van der Waals surface area contributed by atoms with Gasteiger partial charge in [-0.3, -0.25) is 0 Å². The third-order valence-corrected chi connectivity index (χ3v) is 15.1. The van der Waals surface area contributed by atoms with Gasteiger partial charge in [-0.2, -0.15) is 0 Å². The van der Waals surface area contributed by atoms with E-state index in [1.54, 1.807) is 52.0 Å². The van der Waals surface area contributed by atoms with E-state index in [1.807, 2.05) is 73.6 Å². The zero-order valence-electron chi connectivity index (χ0n) is 52.1. The Kier molecular flexibility index (Phi) is 36.8. The Balaban J connectivity index is 0.00000223. The predicted octanol–water partition coefficient (Wildman–Crippen LogP) is 14.0. The molecule has 1 heterocycles. The number of aliphatic hydroxyl groups is 7. The minimum absolute atomic E-state index is 0.0466. The molecule has 12 nitrogen and oxygen atoms in total. The van der Waals surface area contributed by atoms with Crippen LogP contribution in [0.25, 0.3) is 5.76 Å². The zero-order chi connectivity index (χ0) is 60.1. The van der Waals surface area contributed by atoms with Gasteiger partial charge in [0.1, 0.15) is 35.9 Å². The van der Waals surface area contributed by atoms with E-state index in [9.17, 15) is 40.9 Å². The molecule has 1 aliphatic heterocycles. The van der Waals surface area contributed by atoms with Gasteiger partial charge in [-0.25, -0.2) is 0 Å². The molecule has 1 aromatic carbocycles. The quantitative estimate of drug-likeness (QED) is 0.0441. The highest BCUT2D eigenvalue weighted by Crippen LogP contribution is 2.48. The largest absolute Gasteiger partial charge is 0.516 e. The van der Waals surface area contributed by atoms with Gasteiger partial charge >= 0.3 is 0 Å². The first-order valence-electron chi connectivity index (χ1n) is 29.5. The number of aliphatic hydroxyl groups excluding tert-OH is 7. The number of hydrogen-bond donors (Lipinski definition) is 9. The van der Waals surface area contributed by atoms with Gasteiger partial charge in [-0.1, -0.05) is 145 Å². The molecule has 3 rings (SSSR count). The fourth-order valence-electron chi connectivity index (χ4n) is 10.2. The van der Waals surface area contributed by atoms with Crippen LogP contribution in [0.2, 0.25) is 0 Å². The first-order valence-corrected chi connectivity index (χ1v) is 29.5. The van der Waals surface area contributed by atoms with Crippen molar-refractivity contribution in [2.75, 3.05) is 6.61 Å². The molecule has 0 radical (unpaired) electrons. The first kappa shape index (κ1) is 74.1. The lowest BCUT2D eigenvalue weighted by molar-refractivity contribution is -0.130. The van der Waals surface area contributed by atoms with Crippen LogP contribution in [0.5, 0.6) is 11.5 Å². The molecule has 0 saturated heterocycles. The van der Waals surface area contributed by atoms with Crippen molar-refractivity contribution in [3.05, 3.63) is 100 Å². The van der Waals surface area contributed by atoms with Crippen LogP contribution in [0.15, 0.2) is 77.9 Å². The Morgan fingerprint density at radius 1 is 0.833 bits per heavy atom. The van der Waals surface area contributed by atoms with Crippen molar-refractivity contribution in [2.24, 2.45) is 41.4 Å². The zero-order valence-corrected chi connectivity index (χ0v) is 52.1. The second-order valence-corrected chi connectivity index (χ2v) is 22.9. The van der Waals surface area contributed by atoms with E-state index in [4.69, 9.17) is 19.3 Å². The van der Waals surface area contributed by atoms with Crippen molar-refractivity contribution in [1.82, 2.24) is 0 Å². The molecule has 1 aromatic rings. The van der Waals surface area contributed by atoms with E-state index in [-0.39, 0.29) is 47.6 Å². The average molecular weight is 1100 g/mol. The Hall–Kier alpha value is -3.88. The molecule has 1 fully saturated rings. The summed E-state index contributed by atoms with van der Waals surface area (Å²) >= 11 is 0. The summed E-state index contributed by atoms with van der Waals surface area (Å²) in [6.45, 7) is 41.8. The maximum absolute atomic E-state index is 11.8. The smallest absolute Gasteiger partial charge is 0.169 e. The molecule has 1 saturated carbocycles. The standard InChI is InChI=1S/C46H72O10.C14H28O.C3H6O.C3H8/c1-13-18-40(43(51)45(53)46(26(4)5)56-38(15-3)41-35(14-2)30(9)31(10)42(50)44(41)52)54-25-34-19-16-17-20-36(48)29(8)24-37(49)28(7)23-27(6)21-22-39(32(11)47)55-33(34)12;1-6-12(15)14(10(4)5)13(9(2)3)11-7-8-11;1-2-3-4;1-3-2/h15-17,19,21,23,26,29,32,36-37,39-40,43,45-53H,12-14,18,20,22,24-25H2,1-11H3;9-15H,6-8H2,1-5H3;2-4H,1H3;3H2,1-2H3/b17-16+,27-21+,28-23+,34-19+,38-15?;;;. The van der Waals surface area contributed by atoms with Gasteiger partial charge in [0.2, 0.25) is 0 Å². The van der Waals surface area contributed by atoms with Gasteiger partial charge in [0.05, 0.1) is 49.0 Å². The molecule has 12 unspecified atom stereocenters. The second-order valence-electron chi connectivity index (χ2n) is 22.9. The molecule has 450 valence electrons. The van der Waals surface area contributed by atoms with Gasteiger partial charge in [0.25, 0.3) is 0 Å². The molecule has 1 aliphatic carbocycles. The fraction of sp³-hybridized carbons (Fsp3) is 0.697. The minimum atomic E-state index is -1.40.